The topological polar surface area (TPSA) is 56.8 Å². The molecule has 1 amide bonds. The van der Waals surface area contributed by atoms with Crippen molar-refractivity contribution in [2.45, 2.75) is 93.6 Å². The summed E-state index contributed by atoms with van der Waals surface area (Å²) < 4.78 is 20.0. The summed E-state index contributed by atoms with van der Waals surface area (Å²) in [4.78, 5) is 18.3. The van der Waals surface area contributed by atoms with Gasteiger partial charge in [0.1, 0.15) is 6.17 Å². The molecular formula is C24H40ClFN4O2. The summed E-state index contributed by atoms with van der Waals surface area (Å²) in [5.74, 6) is 0.461. The van der Waals surface area contributed by atoms with E-state index in [0.717, 1.165) is 65.1 Å². The summed E-state index contributed by atoms with van der Waals surface area (Å²) in [5, 5.41) is 6.86. The lowest BCUT2D eigenvalue weighted by molar-refractivity contribution is -0.124. The van der Waals surface area contributed by atoms with Crippen LogP contribution in [-0.2, 0) is 9.53 Å². The van der Waals surface area contributed by atoms with Crippen LogP contribution in [0.25, 0.3) is 0 Å². The normalized spacial score (nSPS) is 46.2. The zero-order valence-corrected chi connectivity index (χ0v) is 20.1. The van der Waals surface area contributed by atoms with Gasteiger partial charge in [-0.3, -0.25) is 14.6 Å². The molecule has 5 aliphatic rings. The summed E-state index contributed by atoms with van der Waals surface area (Å²) in [5.41, 5.74) is 0. The van der Waals surface area contributed by atoms with Crippen molar-refractivity contribution >= 4 is 17.5 Å². The molecule has 3 saturated heterocycles. The molecule has 3 heterocycles. The third-order valence-corrected chi connectivity index (χ3v) is 9.26. The highest BCUT2D eigenvalue weighted by atomic mass is 35.5. The second-order valence-electron chi connectivity index (χ2n) is 11.0. The number of hydrogen-bond donors (Lipinski definition) is 2. The van der Waals surface area contributed by atoms with Crippen LogP contribution < -0.4 is 10.6 Å². The lowest BCUT2D eigenvalue weighted by Crippen LogP contribution is -2.53. The number of amides is 1. The van der Waals surface area contributed by atoms with Crippen molar-refractivity contribution < 1.29 is 13.9 Å². The van der Waals surface area contributed by atoms with E-state index in [0.29, 0.717) is 30.8 Å². The molecular weight excluding hydrogens is 431 g/mol. The molecule has 0 radical (unpaired) electrons. The number of rotatable bonds is 4. The molecule has 5 rings (SSSR count). The van der Waals surface area contributed by atoms with E-state index in [2.05, 4.69) is 27.4 Å². The maximum Gasteiger partial charge on any atom is 0.237 e. The van der Waals surface area contributed by atoms with Gasteiger partial charge < -0.3 is 15.4 Å². The summed E-state index contributed by atoms with van der Waals surface area (Å²) in [7, 11) is 0. The standard InChI is InChI=1S/C24H40ClFN4O2/c1-15-2-3-21(26)20-13-22(28-23(15)20)24(31)27-17-10-16(25)11-19(12-17)30-5-4-18(14-30)29-6-8-32-9-7-29/h15-23,28H,2-14H2,1H3,(H,27,31). The number of nitrogens with one attached hydrogen (secondary N) is 2. The number of ether oxygens (including phenoxy) is 1. The van der Waals surface area contributed by atoms with Crippen molar-refractivity contribution in [1.82, 2.24) is 20.4 Å². The molecule has 0 bridgehead atoms. The highest BCUT2D eigenvalue weighted by Gasteiger charge is 2.47. The Labute approximate surface area is 196 Å². The molecule has 2 N–H and O–H groups in total. The molecule has 3 aliphatic heterocycles. The minimum Gasteiger partial charge on any atom is -0.379 e. The smallest absolute Gasteiger partial charge is 0.237 e. The van der Waals surface area contributed by atoms with E-state index >= 15 is 0 Å². The number of carbonyl (C=O) groups excluding carboxylic acids is 1. The maximum atomic E-state index is 14.4. The number of alkyl halides is 2. The first-order valence-corrected chi connectivity index (χ1v) is 13.3. The van der Waals surface area contributed by atoms with E-state index in [1.807, 2.05) is 0 Å². The maximum absolute atomic E-state index is 14.4. The van der Waals surface area contributed by atoms with Gasteiger partial charge in [0.05, 0.1) is 19.3 Å². The van der Waals surface area contributed by atoms with Crippen molar-refractivity contribution in [2.75, 3.05) is 39.4 Å². The van der Waals surface area contributed by atoms with Crippen LogP contribution in [0.5, 0.6) is 0 Å². The molecule has 9 atom stereocenters. The van der Waals surface area contributed by atoms with Crippen molar-refractivity contribution in [3.8, 4) is 0 Å². The largest absolute Gasteiger partial charge is 0.379 e. The third kappa shape index (κ3) is 4.97. The fourth-order valence-electron chi connectivity index (χ4n) is 7.08. The lowest BCUT2D eigenvalue weighted by atomic mass is 9.77. The summed E-state index contributed by atoms with van der Waals surface area (Å²) >= 11 is 6.68. The Hall–Kier alpha value is -0.470. The summed E-state index contributed by atoms with van der Waals surface area (Å²) in [6.07, 6.45) is 5.38. The molecule has 2 aliphatic carbocycles. The van der Waals surface area contributed by atoms with Gasteiger partial charge >= 0.3 is 0 Å². The fourth-order valence-corrected chi connectivity index (χ4v) is 7.50. The number of nitrogens with zero attached hydrogens (tertiary/aromatic N) is 2. The van der Waals surface area contributed by atoms with Gasteiger partial charge in [0.15, 0.2) is 0 Å². The van der Waals surface area contributed by atoms with Crippen molar-refractivity contribution in [3.05, 3.63) is 0 Å². The first-order chi connectivity index (χ1) is 15.5. The van der Waals surface area contributed by atoms with Crippen LogP contribution in [-0.4, -0.2) is 96.9 Å². The monoisotopic (exact) mass is 470 g/mol. The van der Waals surface area contributed by atoms with Crippen LogP contribution in [0.1, 0.15) is 51.9 Å². The molecule has 0 aromatic heterocycles. The molecule has 32 heavy (non-hydrogen) atoms. The zero-order chi connectivity index (χ0) is 22.2. The second kappa shape index (κ2) is 10.0. The van der Waals surface area contributed by atoms with Crippen LogP contribution in [0.15, 0.2) is 0 Å². The summed E-state index contributed by atoms with van der Waals surface area (Å²) in [6.45, 7) is 8.15. The van der Waals surface area contributed by atoms with Crippen LogP contribution in [0, 0.1) is 11.8 Å². The number of hydrogen-bond acceptors (Lipinski definition) is 5. The van der Waals surface area contributed by atoms with Gasteiger partial charge in [-0.25, -0.2) is 4.39 Å². The number of fused-ring (bicyclic) bond motifs is 1. The van der Waals surface area contributed by atoms with E-state index < -0.39 is 6.17 Å². The fraction of sp³-hybridized carbons (Fsp3) is 0.958. The minimum atomic E-state index is -0.776. The van der Waals surface area contributed by atoms with Gasteiger partial charge in [0.2, 0.25) is 5.91 Å². The Morgan fingerprint density at radius 1 is 1.03 bits per heavy atom. The first kappa shape index (κ1) is 23.3. The van der Waals surface area contributed by atoms with E-state index in [4.69, 9.17) is 16.3 Å². The average molecular weight is 471 g/mol. The highest BCUT2D eigenvalue weighted by Crippen LogP contribution is 2.39. The molecule has 0 aromatic rings. The van der Waals surface area contributed by atoms with Gasteiger partial charge in [-0.15, -0.1) is 11.6 Å². The molecule has 8 heteroatoms. The number of morpholine rings is 1. The van der Waals surface area contributed by atoms with Crippen LogP contribution in [0.2, 0.25) is 0 Å². The quantitative estimate of drug-likeness (QED) is 0.617. The molecule has 6 nitrogen and oxygen atoms in total. The predicted molar refractivity (Wildman–Crippen MR) is 124 cm³/mol. The Morgan fingerprint density at radius 3 is 2.62 bits per heavy atom. The highest BCUT2D eigenvalue weighted by molar-refractivity contribution is 6.20. The van der Waals surface area contributed by atoms with Crippen molar-refractivity contribution in [2.24, 2.45) is 11.8 Å². The Kier molecular flexibility index (Phi) is 7.29. The first-order valence-electron chi connectivity index (χ1n) is 12.9. The summed E-state index contributed by atoms with van der Waals surface area (Å²) in [6, 6.07) is 1.02. The molecule has 2 saturated carbocycles. The molecule has 5 fully saturated rings. The van der Waals surface area contributed by atoms with E-state index in [1.165, 1.54) is 6.42 Å². The molecule has 182 valence electrons. The van der Waals surface area contributed by atoms with Gasteiger partial charge in [0, 0.05) is 61.6 Å². The average Bonchev–Trinajstić information content (AvgIpc) is 3.45. The van der Waals surface area contributed by atoms with Crippen LogP contribution in [0.4, 0.5) is 4.39 Å². The Bertz CT molecular complexity index is 648. The van der Waals surface area contributed by atoms with E-state index in [-0.39, 0.29) is 35.3 Å². The van der Waals surface area contributed by atoms with Crippen molar-refractivity contribution in [3.63, 3.8) is 0 Å². The lowest BCUT2D eigenvalue weighted by Gasteiger charge is -2.39. The number of carbonyl (C=O) groups is 1. The van der Waals surface area contributed by atoms with E-state index in [1.54, 1.807) is 0 Å². The van der Waals surface area contributed by atoms with Crippen LogP contribution >= 0.6 is 11.6 Å². The van der Waals surface area contributed by atoms with Gasteiger partial charge in [-0.1, -0.05) is 6.92 Å². The molecule has 0 spiro atoms. The zero-order valence-electron chi connectivity index (χ0n) is 19.4. The second-order valence-corrected chi connectivity index (χ2v) is 11.6. The van der Waals surface area contributed by atoms with Gasteiger partial charge in [-0.05, 0) is 50.9 Å². The van der Waals surface area contributed by atoms with Gasteiger partial charge in [-0.2, -0.15) is 0 Å². The molecule has 0 aromatic carbocycles. The SMILES string of the molecule is CC1CCC(F)C2CC(C(=O)NC3CC(Cl)CC(N4CCC(N5CCOCC5)C4)C3)NC12. The number of likely N-dealkylation sites (tertiary alicyclic amines) is 1. The Morgan fingerprint density at radius 2 is 1.84 bits per heavy atom. The van der Waals surface area contributed by atoms with Crippen LogP contribution in [0.3, 0.4) is 0 Å². The predicted octanol–water partition coefficient (Wildman–Crippen LogP) is 2.15. The van der Waals surface area contributed by atoms with E-state index in [9.17, 15) is 9.18 Å². The molecule has 9 unspecified atom stereocenters. The Balaban J connectivity index is 1.14. The number of halogens is 2. The van der Waals surface area contributed by atoms with Crippen molar-refractivity contribution in [1.29, 1.82) is 0 Å². The van der Waals surface area contributed by atoms with Gasteiger partial charge in [0.25, 0.3) is 0 Å². The third-order valence-electron chi connectivity index (χ3n) is 8.90. The minimum absolute atomic E-state index is 0.0175.